The topological polar surface area (TPSA) is 63.5 Å². The molecule has 0 saturated carbocycles. The van der Waals surface area contributed by atoms with Crippen LogP contribution in [0.4, 0.5) is 17.1 Å². The molecule has 4 aromatic carbocycles. The molecule has 4 aromatic rings. The van der Waals surface area contributed by atoms with E-state index in [0.717, 1.165) is 70.5 Å². The maximum absolute atomic E-state index is 12.4. The first-order valence-corrected chi connectivity index (χ1v) is 18.5. The van der Waals surface area contributed by atoms with E-state index in [1.165, 1.54) is 6.07 Å². The van der Waals surface area contributed by atoms with Gasteiger partial charge < -0.3 is 9.45 Å². The summed E-state index contributed by atoms with van der Waals surface area (Å²) in [6, 6.07) is 35.0. The lowest BCUT2D eigenvalue weighted by Gasteiger charge is -2.25. The number of rotatable bonds is 12. The molecule has 0 unspecified atom stereocenters. The van der Waals surface area contributed by atoms with E-state index in [1.54, 1.807) is 18.2 Å². The van der Waals surface area contributed by atoms with Gasteiger partial charge >= 0.3 is 0 Å². The SMILES string of the molecule is O=S(=O)([O-])c1ccccc1C(=C1C=CC(=[N+](CCCBr)c2ccccc2)C=C1)c1ccc(N(CCCBr)c2ccccc2)cc1. The van der Waals surface area contributed by atoms with Crippen molar-refractivity contribution in [1.82, 2.24) is 0 Å². The molecule has 0 amide bonds. The second-order valence-electron chi connectivity index (χ2n) is 10.5. The molecule has 0 N–H and O–H groups in total. The molecule has 0 aromatic heterocycles. The number of para-hydroxylation sites is 2. The summed E-state index contributed by atoms with van der Waals surface area (Å²) in [7, 11) is -4.73. The summed E-state index contributed by atoms with van der Waals surface area (Å²) in [5.74, 6) is 0. The number of alkyl halides is 2. The molecule has 1 aliphatic carbocycles. The van der Waals surface area contributed by atoms with Crippen LogP contribution in [0.15, 0.2) is 144 Å². The van der Waals surface area contributed by atoms with Gasteiger partial charge in [0.25, 0.3) is 0 Å². The molecular weight excluding hydrogens is 712 g/mol. The summed E-state index contributed by atoms with van der Waals surface area (Å²) in [5.41, 5.74) is 6.93. The Morgan fingerprint density at radius 3 is 1.89 bits per heavy atom. The maximum Gasteiger partial charge on any atom is 0.205 e. The molecule has 0 fully saturated rings. The molecule has 45 heavy (non-hydrogen) atoms. The maximum atomic E-state index is 12.4. The minimum atomic E-state index is -4.73. The van der Waals surface area contributed by atoms with E-state index in [1.807, 2.05) is 60.7 Å². The second-order valence-corrected chi connectivity index (χ2v) is 13.4. The third-order valence-electron chi connectivity index (χ3n) is 7.53. The fourth-order valence-corrected chi connectivity index (χ4v) is 6.64. The van der Waals surface area contributed by atoms with Crippen LogP contribution >= 0.6 is 31.9 Å². The zero-order valence-corrected chi connectivity index (χ0v) is 28.7. The predicted molar refractivity (Wildman–Crippen MR) is 192 cm³/mol. The number of benzene rings is 4. The van der Waals surface area contributed by atoms with Gasteiger partial charge in [0.05, 0.1) is 4.90 Å². The lowest BCUT2D eigenvalue weighted by atomic mass is 9.90. The Balaban J connectivity index is 1.63. The normalized spacial score (nSPS) is 12.8. The van der Waals surface area contributed by atoms with E-state index >= 15 is 0 Å². The van der Waals surface area contributed by atoms with Gasteiger partial charge in [0, 0.05) is 64.8 Å². The average Bonchev–Trinajstić information content (AvgIpc) is 3.07. The predicted octanol–water partition coefficient (Wildman–Crippen LogP) is 9.01. The summed E-state index contributed by atoms with van der Waals surface area (Å²) in [6.07, 6.45) is 10.0. The Labute approximate surface area is 283 Å². The summed E-state index contributed by atoms with van der Waals surface area (Å²) >= 11 is 7.12. The Kier molecular flexibility index (Phi) is 11.4. The van der Waals surface area contributed by atoms with Gasteiger partial charge in [-0.2, -0.15) is 4.58 Å². The first-order chi connectivity index (χ1) is 21.9. The van der Waals surface area contributed by atoms with Crippen molar-refractivity contribution in [3.63, 3.8) is 0 Å². The van der Waals surface area contributed by atoms with Gasteiger partial charge in [0.15, 0.2) is 0 Å². The lowest BCUT2D eigenvalue weighted by molar-refractivity contribution is -0.438. The van der Waals surface area contributed by atoms with Crippen LogP contribution in [0.1, 0.15) is 24.0 Å². The minimum Gasteiger partial charge on any atom is -0.744 e. The first kappa shape index (κ1) is 32.8. The Morgan fingerprint density at radius 1 is 0.689 bits per heavy atom. The Bertz CT molecular complexity index is 1820. The monoisotopic (exact) mass is 744 g/mol. The molecule has 0 radical (unpaired) electrons. The van der Waals surface area contributed by atoms with Crippen molar-refractivity contribution < 1.29 is 17.5 Å². The quantitative estimate of drug-likeness (QED) is 0.0825. The van der Waals surface area contributed by atoms with Gasteiger partial charge in [-0.3, -0.25) is 0 Å². The van der Waals surface area contributed by atoms with Crippen LogP contribution in [0.3, 0.4) is 0 Å². The highest BCUT2D eigenvalue weighted by molar-refractivity contribution is 9.09. The number of hydrogen-bond acceptors (Lipinski definition) is 4. The molecule has 1 aliphatic rings. The van der Waals surface area contributed by atoms with Crippen molar-refractivity contribution in [1.29, 1.82) is 0 Å². The van der Waals surface area contributed by atoms with E-state index in [2.05, 4.69) is 89.9 Å². The molecule has 8 heteroatoms. The van der Waals surface area contributed by atoms with Gasteiger partial charge in [-0.15, -0.1) is 0 Å². The summed E-state index contributed by atoms with van der Waals surface area (Å²) in [4.78, 5) is 2.03. The molecule has 0 aliphatic heterocycles. The molecule has 0 heterocycles. The highest BCUT2D eigenvalue weighted by Gasteiger charge is 2.21. The van der Waals surface area contributed by atoms with E-state index in [0.29, 0.717) is 11.1 Å². The summed E-state index contributed by atoms with van der Waals surface area (Å²) in [5, 5.41) is 1.78. The Hall–Kier alpha value is -3.56. The molecule has 0 spiro atoms. The minimum absolute atomic E-state index is 0.236. The molecule has 5 rings (SSSR count). The van der Waals surface area contributed by atoms with Gasteiger partial charge in [-0.05, 0) is 65.6 Å². The van der Waals surface area contributed by atoms with Gasteiger partial charge in [-0.25, -0.2) is 8.42 Å². The van der Waals surface area contributed by atoms with Crippen molar-refractivity contribution in [3.8, 4) is 0 Å². The van der Waals surface area contributed by atoms with Crippen molar-refractivity contribution in [3.05, 3.63) is 150 Å². The van der Waals surface area contributed by atoms with Crippen LogP contribution in [0, 0.1) is 0 Å². The lowest BCUT2D eigenvalue weighted by Crippen LogP contribution is -2.18. The third-order valence-corrected chi connectivity index (χ3v) is 9.54. The van der Waals surface area contributed by atoms with Crippen molar-refractivity contribution in [2.75, 3.05) is 28.6 Å². The molecule has 5 nitrogen and oxygen atoms in total. The van der Waals surface area contributed by atoms with Crippen molar-refractivity contribution in [2.24, 2.45) is 0 Å². The number of hydrogen-bond donors (Lipinski definition) is 0. The average molecular weight is 747 g/mol. The van der Waals surface area contributed by atoms with Gasteiger partial charge in [-0.1, -0.05) is 98.6 Å². The smallest absolute Gasteiger partial charge is 0.205 e. The molecule has 0 atom stereocenters. The molecular formula is C37H34Br2N2O3S. The zero-order valence-electron chi connectivity index (χ0n) is 24.7. The second kappa shape index (κ2) is 15.6. The Morgan fingerprint density at radius 2 is 1.27 bits per heavy atom. The van der Waals surface area contributed by atoms with Crippen molar-refractivity contribution in [2.45, 2.75) is 17.7 Å². The van der Waals surface area contributed by atoms with E-state index in [4.69, 9.17) is 0 Å². The highest BCUT2D eigenvalue weighted by Crippen LogP contribution is 2.35. The van der Waals surface area contributed by atoms with E-state index in [9.17, 15) is 13.0 Å². The number of allylic oxidation sites excluding steroid dienone is 5. The standard InChI is InChI=1S/C37H34Br2N2O3S/c38-25-9-27-40(31-11-3-1-4-12-31)33-21-17-29(18-22-33)37(35-15-7-8-16-36(35)45(42,43)44)30-19-23-34(24-20-30)41(28-10-26-39)32-13-5-2-6-14-32/h1-8,11-24H,9-10,25-28H2. The van der Waals surface area contributed by atoms with Crippen LogP contribution < -0.4 is 4.90 Å². The molecule has 0 bridgehead atoms. The van der Waals surface area contributed by atoms with E-state index < -0.39 is 10.1 Å². The largest absolute Gasteiger partial charge is 0.744 e. The van der Waals surface area contributed by atoms with Crippen LogP contribution in [0.5, 0.6) is 0 Å². The molecule has 0 saturated heterocycles. The van der Waals surface area contributed by atoms with Crippen LogP contribution in [-0.2, 0) is 10.1 Å². The fraction of sp³-hybridized carbons (Fsp3) is 0.162. The first-order valence-electron chi connectivity index (χ1n) is 14.8. The van der Waals surface area contributed by atoms with Gasteiger partial charge in [0.1, 0.15) is 16.7 Å². The summed E-state index contributed by atoms with van der Waals surface area (Å²) in [6.45, 7) is 1.66. The number of nitrogens with zero attached hydrogens (tertiary/aromatic N) is 2. The summed E-state index contributed by atoms with van der Waals surface area (Å²) < 4.78 is 39.6. The zero-order chi connectivity index (χ0) is 31.6. The third kappa shape index (κ3) is 8.19. The number of halogens is 2. The number of anilines is 2. The van der Waals surface area contributed by atoms with Gasteiger partial charge in [0.2, 0.25) is 11.4 Å². The van der Waals surface area contributed by atoms with E-state index in [-0.39, 0.29) is 4.90 Å². The molecule has 230 valence electrons. The fourth-order valence-electron chi connectivity index (χ4n) is 5.45. The van der Waals surface area contributed by atoms with Crippen LogP contribution in [-0.4, -0.2) is 47.0 Å². The van der Waals surface area contributed by atoms with Crippen LogP contribution in [0.25, 0.3) is 5.57 Å². The van der Waals surface area contributed by atoms with Crippen LogP contribution in [0.2, 0.25) is 0 Å². The van der Waals surface area contributed by atoms with Crippen molar-refractivity contribution >= 4 is 70.3 Å². The highest BCUT2D eigenvalue weighted by atomic mass is 79.9.